The highest BCUT2D eigenvalue weighted by Gasteiger charge is 2.31. The first-order valence-electron chi connectivity index (χ1n) is 12.2. The van der Waals surface area contributed by atoms with Gasteiger partial charge in [0, 0.05) is 17.8 Å². The van der Waals surface area contributed by atoms with Crippen molar-refractivity contribution in [1.29, 1.82) is 0 Å². The van der Waals surface area contributed by atoms with E-state index in [9.17, 15) is 14.3 Å². The van der Waals surface area contributed by atoms with Crippen molar-refractivity contribution in [3.05, 3.63) is 53.1 Å². The quantitative estimate of drug-likeness (QED) is 0.489. The van der Waals surface area contributed by atoms with Crippen LogP contribution >= 0.6 is 0 Å². The number of rotatable bonds is 8. The molecule has 1 aliphatic rings. The Morgan fingerprint density at radius 2 is 1.97 bits per heavy atom. The zero-order valence-electron chi connectivity index (χ0n) is 21.2. The maximum atomic E-state index is 13.6. The summed E-state index contributed by atoms with van der Waals surface area (Å²) < 4.78 is 18.6. The van der Waals surface area contributed by atoms with Gasteiger partial charge in [-0.3, -0.25) is 4.79 Å². The Balaban J connectivity index is 1.39. The molecule has 1 amide bonds. The monoisotopic (exact) mass is 496 g/mol. The van der Waals surface area contributed by atoms with Crippen molar-refractivity contribution in [2.45, 2.75) is 65.1 Å². The Morgan fingerprint density at radius 3 is 2.67 bits per heavy atom. The van der Waals surface area contributed by atoms with Gasteiger partial charge in [-0.25, -0.2) is 9.37 Å². The Kier molecular flexibility index (Phi) is 7.63. The number of pyridine rings is 1. The number of aliphatic hydroxyl groups is 1. The van der Waals surface area contributed by atoms with Crippen molar-refractivity contribution in [3.8, 4) is 17.1 Å². The van der Waals surface area contributed by atoms with Gasteiger partial charge in [0.15, 0.2) is 11.6 Å². The van der Waals surface area contributed by atoms with E-state index in [-0.39, 0.29) is 23.9 Å². The molecule has 0 spiro atoms. The number of amides is 1. The summed E-state index contributed by atoms with van der Waals surface area (Å²) in [5.74, 6) is 0.498. The second-order valence-electron chi connectivity index (χ2n) is 10.1. The Hall–Kier alpha value is -3.40. The van der Waals surface area contributed by atoms with Crippen LogP contribution in [0.25, 0.3) is 11.4 Å². The molecular weight excluding hydrogens is 463 g/mol. The number of tetrazole rings is 1. The second-order valence-corrected chi connectivity index (χ2v) is 10.1. The fraction of sp³-hybridized carbons (Fsp3) is 0.500. The smallest absolute Gasteiger partial charge is 0.270 e. The van der Waals surface area contributed by atoms with Crippen LogP contribution < -0.4 is 10.1 Å². The standard InChI is InChI=1S/C26H33FN6O3/c1-16-11-19(13-22(29-16)25(34)28-14-18-7-10-21(27)23(12-18)36-4)24-30-32-33(31-24)15-17-5-8-20(9-6-17)26(2,3)35/h7,10-13,17,20,35H,5-6,8-9,14-15H2,1-4H3,(H,28,34)/t17-,20-. The molecule has 0 saturated heterocycles. The van der Waals surface area contributed by atoms with E-state index in [2.05, 4.69) is 25.7 Å². The molecule has 10 heteroatoms. The lowest BCUT2D eigenvalue weighted by Gasteiger charge is -2.35. The summed E-state index contributed by atoms with van der Waals surface area (Å²) in [6.07, 6.45) is 4.01. The van der Waals surface area contributed by atoms with Crippen LogP contribution in [0.2, 0.25) is 0 Å². The third kappa shape index (κ3) is 6.23. The van der Waals surface area contributed by atoms with Crippen LogP contribution in [0.1, 0.15) is 61.3 Å². The van der Waals surface area contributed by atoms with E-state index in [4.69, 9.17) is 4.74 Å². The maximum absolute atomic E-state index is 13.6. The number of aryl methyl sites for hydroxylation is 1. The first-order valence-corrected chi connectivity index (χ1v) is 12.2. The zero-order valence-corrected chi connectivity index (χ0v) is 21.2. The number of benzene rings is 1. The van der Waals surface area contributed by atoms with Gasteiger partial charge < -0.3 is 15.2 Å². The third-order valence-electron chi connectivity index (χ3n) is 6.83. The van der Waals surface area contributed by atoms with Crippen molar-refractivity contribution in [2.24, 2.45) is 11.8 Å². The fourth-order valence-corrected chi connectivity index (χ4v) is 4.72. The van der Waals surface area contributed by atoms with Crippen molar-refractivity contribution >= 4 is 5.91 Å². The molecule has 2 aromatic heterocycles. The molecule has 1 fully saturated rings. The van der Waals surface area contributed by atoms with Crippen LogP contribution in [0.4, 0.5) is 4.39 Å². The predicted molar refractivity (Wildman–Crippen MR) is 132 cm³/mol. The molecule has 1 saturated carbocycles. The minimum Gasteiger partial charge on any atom is -0.494 e. The SMILES string of the molecule is COc1cc(CNC(=O)c2cc(-c3nnn(C[C@H]4CC[C@H](C(C)(C)O)CC4)n3)cc(C)n2)ccc1F. The van der Waals surface area contributed by atoms with E-state index in [1.807, 2.05) is 19.9 Å². The molecule has 192 valence electrons. The third-order valence-corrected chi connectivity index (χ3v) is 6.83. The average molecular weight is 497 g/mol. The van der Waals surface area contributed by atoms with Crippen molar-refractivity contribution in [3.63, 3.8) is 0 Å². The highest BCUT2D eigenvalue weighted by molar-refractivity contribution is 5.93. The van der Waals surface area contributed by atoms with Gasteiger partial charge in [0.25, 0.3) is 5.91 Å². The van der Waals surface area contributed by atoms with Gasteiger partial charge in [0.2, 0.25) is 5.82 Å². The van der Waals surface area contributed by atoms with Gasteiger partial charge in [0.05, 0.1) is 19.3 Å². The number of nitrogens with zero attached hydrogens (tertiary/aromatic N) is 5. The summed E-state index contributed by atoms with van der Waals surface area (Å²) in [5.41, 5.74) is 1.62. The fourth-order valence-electron chi connectivity index (χ4n) is 4.72. The Bertz CT molecular complexity index is 1210. The largest absolute Gasteiger partial charge is 0.494 e. The van der Waals surface area contributed by atoms with Gasteiger partial charge in [-0.15, -0.1) is 10.2 Å². The summed E-state index contributed by atoms with van der Waals surface area (Å²) >= 11 is 0. The lowest BCUT2D eigenvalue weighted by Crippen LogP contribution is -2.34. The molecule has 36 heavy (non-hydrogen) atoms. The highest BCUT2D eigenvalue weighted by Crippen LogP contribution is 2.35. The van der Waals surface area contributed by atoms with Crippen LogP contribution in [0.5, 0.6) is 5.75 Å². The lowest BCUT2D eigenvalue weighted by atomic mass is 9.75. The van der Waals surface area contributed by atoms with Crippen LogP contribution in [-0.2, 0) is 13.1 Å². The molecule has 1 aliphatic carbocycles. The molecule has 0 aliphatic heterocycles. The van der Waals surface area contributed by atoms with E-state index in [0.717, 1.165) is 25.7 Å². The number of ether oxygens (including phenoxy) is 1. The summed E-state index contributed by atoms with van der Waals surface area (Å²) in [5, 5.41) is 26.0. The number of halogens is 1. The van der Waals surface area contributed by atoms with Gasteiger partial charge in [-0.1, -0.05) is 6.07 Å². The van der Waals surface area contributed by atoms with E-state index < -0.39 is 11.4 Å². The average Bonchev–Trinajstić information content (AvgIpc) is 3.31. The second kappa shape index (κ2) is 10.7. The number of carbonyl (C=O) groups is 1. The molecule has 0 unspecified atom stereocenters. The normalized spacial score (nSPS) is 18.2. The molecule has 3 aromatic rings. The number of carbonyl (C=O) groups excluding carboxylic acids is 1. The molecule has 2 N–H and O–H groups in total. The number of hydrogen-bond acceptors (Lipinski definition) is 7. The van der Waals surface area contributed by atoms with Gasteiger partial charge in [-0.05, 0) is 93.3 Å². The Labute approximate surface area is 210 Å². The van der Waals surface area contributed by atoms with Crippen molar-refractivity contribution in [1.82, 2.24) is 30.5 Å². The van der Waals surface area contributed by atoms with Gasteiger partial charge >= 0.3 is 0 Å². The van der Waals surface area contributed by atoms with Crippen LogP contribution in [0.3, 0.4) is 0 Å². The highest BCUT2D eigenvalue weighted by atomic mass is 19.1. The first kappa shape index (κ1) is 25.7. The molecule has 4 rings (SSSR count). The minimum atomic E-state index is -0.640. The number of hydrogen-bond donors (Lipinski definition) is 2. The van der Waals surface area contributed by atoms with E-state index >= 15 is 0 Å². The molecule has 2 heterocycles. The van der Waals surface area contributed by atoms with Gasteiger partial charge in [0.1, 0.15) is 5.69 Å². The summed E-state index contributed by atoms with van der Waals surface area (Å²) in [7, 11) is 1.39. The Morgan fingerprint density at radius 1 is 1.22 bits per heavy atom. The van der Waals surface area contributed by atoms with E-state index in [1.54, 1.807) is 29.9 Å². The predicted octanol–water partition coefficient (Wildman–Crippen LogP) is 3.70. The van der Waals surface area contributed by atoms with Crippen molar-refractivity contribution in [2.75, 3.05) is 7.11 Å². The molecule has 0 atom stereocenters. The molecule has 1 aromatic carbocycles. The summed E-state index contributed by atoms with van der Waals surface area (Å²) in [4.78, 5) is 18.7. The lowest BCUT2D eigenvalue weighted by molar-refractivity contribution is -0.00739. The first-order chi connectivity index (χ1) is 17.1. The molecule has 9 nitrogen and oxygen atoms in total. The molecular formula is C26H33FN6O3. The summed E-state index contributed by atoms with van der Waals surface area (Å²) in [6.45, 7) is 6.44. The van der Waals surface area contributed by atoms with E-state index in [0.29, 0.717) is 41.0 Å². The van der Waals surface area contributed by atoms with E-state index in [1.165, 1.54) is 13.2 Å². The summed E-state index contributed by atoms with van der Waals surface area (Å²) in [6, 6.07) is 7.90. The molecule has 0 bridgehead atoms. The van der Waals surface area contributed by atoms with Crippen LogP contribution in [-0.4, -0.2) is 48.9 Å². The number of nitrogens with one attached hydrogen (secondary N) is 1. The van der Waals surface area contributed by atoms with Gasteiger partial charge in [-0.2, -0.15) is 4.80 Å². The van der Waals surface area contributed by atoms with Crippen LogP contribution in [0, 0.1) is 24.6 Å². The zero-order chi connectivity index (χ0) is 25.9. The van der Waals surface area contributed by atoms with Crippen molar-refractivity contribution < 1.29 is 19.0 Å². The number of methoxy groups -OCH3 is 1. The van der Waals surface area contributed by atoms with Crippen LogP contribution in [0.15, 0.2) is 30.3 Å². The number of aromatic nitrogens is 5. The molecule has 0 radical (unpaired) electrons. The minimum absolute atomic E-state index is 0.122. The maximum Gasteiger partial charge on any atom is 0.270 e. The topological polar surface area (TPSA) is 115 Å².